The topological polar surface area (TPSA) is 37.3 Å². The van der Waals surface area contributed by atoms with Crippen molar-refractivity contribution in [3.8, 4) is 5.75 Å². The summed E-state index contributed by atoms with van der Waals surface area (Å²) in [5.74, 6) is -0.0520. The summed E-state index contributed by atoms with van der Waals surface area (Å²) in [4.78, 5) is 11.9. The number of rotatable bonds is 1. The highest BCUT2D eigenvalue weighted by Gasteiger charge is 2.16. The van der Waals surface area contributed by atoms with Crippen molar-refractivity contribution in [2.75, 3.05) is 0 Å². The number of Topliss-reactive ketones (excluding diaryl/α,β-unsaturated/α-hetero) is 1. The van der Waals surface area contributed by atoms with Gasteiger partial charge in [0.25, 0.3) is 0 Å². The lowest BCUT2D eigenvalue weighted by Crippen LogP contribution is -1.96. The standard InChI is InChI=1S/C18H12O2/c1-10(19)16-14-8-7-12-4-2-3-11-5-6-13(9-15(16)20)18(14)17(11)12/h2-9,20H,1H3. The molecule has 4 aromatic rings. The Morgan fingerprint density at radius 1 is 0.900 bits per heavy atom. The van der Waals surface area contributed by atoms with E-state index in [1.54, 1.807) is 6.07 Å². The largest absolute Gasteiger partial charge is 0.507 e. The molecular weight excluding hydrogens is 248 g/mol. The van der Waals surface area contributed by atoms with Crippen LogP contribution < -0.4 is 0 Å². The molecule has 0 saturated heterocycles. The van der Waals surface area contributed by atoms with Gasteiger partial charge in [0, 0.05) is 0 Å². The van der Waals surface area contributed by atoms with Crippen LogP contribution in [-0.2, 0) is 0 Å². The van der Waals surface area contributed by atoms with Gasteiger partial charge in [-0.3, -0.25) is 4.79 Å². The third kappa shape index (κ3) is 1.31. The Morgan fingerprint density at radius 3 is 2.25 bits per heavy atom. The predicted octanol–water partition coefficient (Wildman–Crippen LogP) is 4.49. The van der Waals surface area contributed by atoms with Gasteiger partial charge in [-0.25, -0.2) is 0 Å². The average molecular weight is 260 g/mol. The average Bonchev–Trinajstić information content (AvgIpc) is 2.43. The summed E-state index contributed by atoms with van der Waals surface area (Å²) in [6.45, 7) is 1.49. The van der Waals surface area contributed by atoms with Gasteiger partial charge >= 0.3 is 0 Å². The molecule has 0 amide bonds. The number of carbonyl (C=O) groups is 1. The van der Waals surface area contributed by atoms with Crippen LogP contribution in [-0.4, -0.2) is 10.9 Å². The van der Waals surface area contributed by atoms with E-state index in [0.717, 1.165) is 32.3 Å². The molecule has 4 rings (SSSR count). The zero-order valence-electron chi connectivity index (χ0n) is 11.0. The first-order valence-corrected chi connectivity index (χ1v) is 6.57. The number of hydrogen-bond donors (Lipinski definition) is 1. The van der Waals surface area contributed by atoms with E-state index in [4.69, 9.17) is 0 Å². The predicted molar refractivity (Wildman–Crippen MR) is 81.8 cm³/mol. The maximum Gasteiger partial charge on any atom is 0.164 e. The molecule has 0 bridgehead atoms. The quantitative estimate of drug-likeness (QED) is 0.404. The van der Waals surface area contributed by atoms with Gasteiger partial charge in [-0.1, -0.05) is 42.5 Å². The molecular formula is C18H12O2. The fraction of sp³-hybridized carbons (Fsp3) is 0.0556. The van der Waals surface area contributed by atoms with Crippen molar-refractivity contribution < 1.29 is 9.90 Å². The summed E-state index contributed by atoms with van der Waals surface area (Å²) in [6.07, 6.45) is 0. The SMILES string of the molecule is CC(=O)c1c(O)cc2ccc3cccc4ccc1c2c34. The number of aromatic hydroxyl groups is 1. The molecule has 0 atom stereocenters. The molecule has 4 aromatic carbocycles. The molecule has 1 N–H and O–H groups in total. The van der Waals surface area contributed by atoms with Gasteiger partial charge < -0.3 is 5.11 Å². The van der Waals surface area contributed by atoms with Crippen LogP contribution in [0.2, 0.25) is 0 Å². The second-order valence-corrected chi connectivity index (χ2v) is 5.18. The lowest BCUT2D eigenvalue weighted by molar-refractivity contribution is 0.101. The van der Waals surface area contributed by atoms with Crippen LogP contribution >= 0.6 is 0 Å². The Labute approximate surface area is 115 Å². The third-order valence-corrected chi connectivity index (χ3v) is 3.98. The van der Waals surface area contributed by atoms with Gasteiger partial charge in [0.05, 0.1) is 5.56 Å². The first-order valence-electron chi connectivity index (χ1n) is 6.57. The summed E-state index contributed by atoms with van der Waals surface area (Å²) >= 11 is 0. The maximum atomic E-state index is 11.9. The van der Waals surface area contributed by atoms with E-state index in [1.807, 2.05) is 24.3 Å². The molecule has 0 saturated carbocycles. The highest BCUT2D eigenvalue weighted by Crippen LogP contribution is 2.39. The normalized spacial score (nSPS) is 11.7. The van der Waals surface area contributed by atoms with E-state index in [-0.39, 0.29) is 11.5 Å². The summed E-state index contributed by atoms with van der Waals surface area (Å²) in [5.41, 5.74) is 0.413. The third-order valence-electron chi connectivity index (χ3n) is 3.98. The number of ketones is 1. The van der Waals surface area contributed by atoms with E-state index >= 15 is 0 Å². The van der Waals surface area contributed by atoms with Crippen LogP contribution in [0.4, 0.5) is 0 Å². The van der Waals surface area contributed by atoms with E-state index in [9.17, 15) is 9.90 Å². The van der Waals surface area contributed by atoms with Gasteiger partial charge in [0.2, 0.25) is 0 Å². The Kier molecular flexibility index (Phi) is 2.08. The molecule has 2 nitrogen and oxygen atoms in total. The molecule has 0 fully saturated rings. The van der Waals surface area contributed by atoms with E-state index < -0.39 is 0 Å². The molecule has 2 heteroatoms. The van der Waals surface area contributed by atoms with E-state index in [1.165, 1.54) is 6.92 Å². The summed E-state index contributed by atoms with van der Waals surface area (Å²) in [7, 11) is 0. The molecule has 0 heterocycles. The number of phenols is 1. The molecule has 20 heavy (non-hydrogen) atoms. The smallest absolute Gasteiger partial charge is 0.164 e. The van der Waals surface area contributed by atoms with Crippen LogP contribution in [0.25, 0.3) is 32.3 Å². The molecule has 0 aliphatic heterocycles. The molecule has 0 unspecified atom stereocenters. The van der Waals surface area contributed by atoms with Gasteiger partial charge in [-0.15, -0.1) is 0 Å². The Balaban J connectivity index is 2.39. The summed E-state index contributed by atoms with van der Waals surface area (Å²) < 4.78 is 0. The molecule has 0 aliphatic carbocycles. The highest BCUT2D eigenvalue weighted by molar-refractivity contribution is 6.27. The van der Waals surface area contributed by atoms with Crippen LogP contribution in [0.15, 0.2) is 48.5 Å². The fourth-order valence-corrected chi connectivity index (χ4v) is 3.17. The van der Waals surface area contributed by atoms with Crippen LogP contribution in [0, 0.1) is 0 Å². The van der Waals surface area contributed by atoms with Crippen molar-refractivity contribution in [3.63, 3.8) is 0 Å². The Hall–Kier alpha value is -2.61. The minimum atomic E-state index is -0.111. The monoisotopic (exact) mass is 260 g/mol. The van der Waals surface area contributed by atoms with Gasteiger partial charge in [-0.2, -0.15) is 0 Å². The number of carbonyl (C=O) groups excluding carboxylic acids is 1. The van der Waals surface area contributed by atoms with Crippen molar-refractivity contribution in [2.45, 2.75) is 6.92 Å². The summed E-state index contributed by atoms with van der Waals surface area (Å²) in [6, 6.07) is 15.8. The lowest BCUT2D eigenvalue weighted by Gasteiger charge is -2.13. The highest BCUT2D eigenvalue weighted by atomic mass is 16.3. The fourth-order valence-electron chi connectivity index (χ4n) is 3.17. The van der Waals surface area contributed by atoms with Crippen LogP contribution in [0.1, 0.15) is 17.3 Å². The van der Waals surface area contributed by atoms with Crippen molar-refractivity contribution in [2.24, 2.45) is 0 Å². The molecule has 96 valence electrons. The van der Waals surface area contributed by atoms with Crippen molar-refractivity contribution in [3.05, 3.63) is 54.1 Å². The Morgan fingerprint density at radius 2 is 1.55 bits per heavy atom. The molecule has 0 aromatic heterocycles. The lowest BCUT2D eigenvalue weighted by atomic mass is 9.90. The van der Waals surface area contributed by atoms with Gasteiger partial charge in [0.15, 0.2) is 5.78 Å². The second kappa shape index (κ2) is 3.70. The maximum absolute atomic E-state index is 11.9. The first kappa shape index (κ1) is 11.2. The molecule has 0 aliphatic rings. The minimum absolute atomic E-state index is 0.0587. The number of phenolic OH excluding ortho intramolecular Hbond substituents is 1. The zero-order chi connectivity index (χ0) is 13.9. The zero-order valence-corrected chi connectivity index (χ0v) is 11.0. The van der Waals surface area contributed by atoms with Crippen molar-refractivity contribution in [1.29, 1.82) is 0 Å². The first-order chi connectivity index (χ1) is 9.66. The van der Waals surface area contributed by atoms with E-state index in [2.05, 4.69) is 18.2 Å². The van der Waals surface area contributed by atoms with E-state index in [0.29, 0.717) is 5.56 Å². The molecule has 0 radical (unpaired) electrons. The Bertz CT molecular complexity index is 967. The number of hydrogen-bond acceptors (Lipinski definition) is 2. The van der Waals surface area contributed by atoms with Crippen molar-refractivity contribution >= 4 is 38.1 Å². The van der Waals surface area contributed by atoms with Crippen LogP contribution in [0.5, 0.6) is 5.75 Å². The van der Waals surface area contributed by atoms with Gasteiger partial charge in [-0.05, 0) is 45.3 Å². The molecule has 0 spiro atoms. The van der Waals surface area contributed by atoms with Crippen molar-refractivity contribution in [1.82, 2.24) is 0 Å². The minimum Gasteiger partial charge on any atom is -0.507 e. The van der Waals surface area contributed by atoms with Gasteiger partial charge in [0.1, 0.15) is 5.75 Å². The summed E-state index contributed by atoms with van der Waals surface area (Å²) in [5, 5.41) is 16.4. The number of benzene rings is 4. The second-order valence-electron chi connectivity index (χ2n) is 5.18. The van der Waals surface area contributed by atoms with Crippen LogP contribution in [0.3, 0.4) is 0 Å².